The zero-order valence-electron chi connectivity index (χ0n) is 11.1. The minimum atomic E-state index is -0.267. The van der Waals surface area contributed by atoms with Gasteiger partial charge in [-0.3, -0.25) is 0 Å². The summed E-state index contributed by atoms with van der Waals surface area (Å²) in [4.78, 5) is 0. The number of phenolic OH excluding ortho intramolecular Hbond substituents is 1. The fraction of sp³-hybridized carbons (Fsp3) is 0.429. The second kappa shape index (κ2) is 6.66. The number of aromatic hydroxyl groups is 1. The summed E-state index contributed by atoms with van der Waals surface area (Å²) >= 11 is 0. The van der Waals surface area contributed by atoms with Crippen LogP contribution in [-0.4, -0.2) is 10.7 Å². The van der Waals surface area contributed by atoms with Gasteiger partial charge in [0.15, 0.2) is 0 Å². The summed E-state index contributed by atoms with van der Waals surface area (Å²) < 4.78 is 5.73. The molecule has 18 heavy (non-hydrogen) atoms. The van der Waals surface area contributed by atoms with E-state index in [0.717, 1.165) is 0 Å². The summed E-state index contributed by atoms with van der Waals surface area (Å²) in [6, 6.07) is 4.88. The average molecular weight is 272 g/mol. The van der Waals surface area contributed by atoms with Gasteiger partial charge < -0.3 is 15.6 Å². The number of ether oxygens (including phenoxy) is 1. The average Bonchev–Trinajstić information content (AvgIpc) is 2.19. The second-order valence-corrected chi connectivity index (χ2v) is 5.07. The third-order valence-electron chi connectivity index (χ3n) is 2.24. The lowest BCUT2D eigenvalue weighted by atomic mass is 10.0. The predicted molar refractivity (Wildman–Crippen MR) is 77.5 cm³/mol. The fourth-order valence-electron chi connectivity index (χ4n) is 1.55. The van der Waals surface area contributed by atoms with Crippen molar-refractivity contribution in [3.8, 4) is 11.5 Å². The minimum Gasteiger partial charge on any atom is -0.508 e. The highest BCUT2D eigenvalue weighted by Gasteiger charge is 2.15. The van der Waals surface area contributed by atoms with Crippen LogP contribution in [-0.2, 0) is 0 Å². The van der Waals surface area contributed by atoms with Crippen molar-refractivity contribution in [2.24, 2.45) is 5.73 Å². The van der Waals surface area contributed by atoms with Crippen LogP contribution in [0.1, 0.15) is 38.8 Å². The number of nitrogens with two attached hydrogens (primary N) is 1. The molecule has 1 atom stereocenters. The van der Waals surface area contributed by atoms with Gasteiger partial charge in [-0.1, -0.05) is 6.08 Å². The Morgan fingerprint density at radius 3 is 2.56 bits per heavy atom. The maximum absolute atomic E-state index is 9.76. The lowest BCUT2D eigenvalue weighted by Gasteiger charge is -2.22. The molecule has 0 saturated carbocycles. The highest BCUT2D eigenvalue weighted by Crippen LogP contribution is 2.30. The maximum Gasteiger partial charge on any atom is 0.120 e. The van der Waals surface area contributed by atoms with Gasteiger partial charge >= 0.3 is 0 Å². The van der Waals surface area contributed by atoms with Crippen molar-refractivity contribution in [1.82, 2.24) is 0 Å². The van der Waals surface area contributed by atoms with Crippen LogP contribution >= 0.6 is 12.4 Å². The summed E-state index contributed by atoms with van der Waals surface area (Å²) in [5.41, 5.74) is 6.37. The maximum atomic E-state index is 9.76. The Morgan fingerprint density at radius 2 is 2.06 bits per heavy atom. The number of hydrogen-bond acceptors (Lipinski definition) is 3. The van der Waals surface area contributed by atoms with E-state index in [-0.39, 0.29) is 29.8 Å². The molecule has 0 bridgehead atoms. The number of benzene rings is 1. The lowest BCUT2D eigenvalue weighted by molar-refractivity contribution is 0.130. The molecular weight excluding hydrogens is 250 g/mol. The smallest absolute Gasteiger partial charge is 0.120 e. The molecule has 0 saturated heterocycles. The molecule has 3 N–H and O–H groups in total. The van der Waals surface area contributed by atoms with Crippen LogP contribution in [0.3, 0.4) is 0 Å². The SMILES string of the molecule is C=CC[C@@H](N)c1cc(OC(C)(C)C)ccc1O.Cl. The van der Waals surface area contributed by atoms with Crippen molar-refractivity contribution >= 4 is 12.4 Å². The Labute approximate surface area is 115 Å². The van der Waals surface area contributed by atoms with E-state index >= 15 is 0 Å². The molecule has 0 amide bonds. The normalized spacial score (nSPS) is 12.4. The van der Waals surface area contributed by atoms with Crippen molar-refractivity contribution in [3.05, 3.63) is 36.4 Å². The van der Waals surface area contributed by atoms with Gasteiger partial charge in [-0.25, -0.2) is 0 Å². The second-order valence-electron chi connectivity index (χ2n) is 5.07. The summed E-state index contributed by atoms with van der Waals surface area (Å²) in [6.07, 6.45) is 2.36. The Balaban J connectivity index is 0.00000289. The molecule has 1 aromatic carbocycles. The number of halogens is 1. The molecule has 0 aliphatic heterocycles. The van der Waals surface area contributed by atoms with Gasteiger partial charge in [0.25, 0.3) is 0 Å². The quantitative estimate of drug-likeness (QED) is 0.823. The highest BCUT2D eigenvalue weighted by molar-refractivity contribution is 5.85. The van der Waals surface area contributed by atoms with Crippen molar-refractivity contribution in [2.45, 2.75) is 38.8 Å². The van der Waals surface area contributed by atoms with Crippen LogP contribution < -0.4 is 10.5 Å². The van der Waals surface area contributed by atoms with Crippen LogP contribution in [0.15, 0.2) is 30.9 Å². The van der Waals surface area contributed by atoms with Gasteiger partial charge in [0, 0.05) is 11.6 Å². The summed E-state index contributed by atoms with van der Waals surface area (Å²) in [7, 11) is 0. The van der Waals surface area contributed by atoms with E-state index in [1.54, 1.807) is 24.3 Å². The Hall–Kier alpha value is -1.19. The van der Waals surface area contributed by atoms with Gasteiger partial charge in [-0.05, 0) is 45.4 Å². The largest absolute Gasteiger partial charge is 0.508 e. The molecule has 102 valence electrons. The zero-order valence-corrected chi connectivity index (χ0v) is 12.0. The molecule has 4 heteroatoms. The first kappa shape index (κ1) is 16.8. The van der Waals surface area contributed by atoms with E-state index < -0.39 is 0 Å². The van der Waals surface area contributed by atoms with Gasteiger partial charge in [0.2, 0.25) is 0 Å². The third kappa shape index (κ3) is 4.98. The summed E-state index contributed by atoms with van der Waals surface area (Å²) in [5.74, 6) is 0.908. The molecule has 0 aromatic heterocycles. The van der Waals surface area contributed by atoms with Crippen molar-refractivity contribution in [2.75, 3.05) is 0 Å². The van der Waals surface area contributed by atoms with Crippen LogP contribution in [0.25, 0.3) is 0 Å². The Morgan fingerprint density at radius 1 is 1.44 bits per heavy atom. The van der Waals surface area contributed by atoms with E-state index in [1.165, 1.54) is 0 Å². The standard InChI is InChI=1S/C14H21NO2.ClH/c1-5-6-12(15)11-9-10(7-8-13(11)16)17-14(2,3)4;/h5,7-9,12,16H,1,6,15H2,2-4H3;1H/t12-;/m1./s1. The van der Waals surface area contributed by atoms with Crippen LogP contribution in [0.5, 0.6) is 11.5 Å². The van der Waals surface area contributed by atoms with Crippen LogP contribution in [0.4, 0.5) is 0 Å². The van der Waals surface area contributed by atoms with Gasteiger partial charge in [0.1, 0.15) is 17.1 Å². The molecule has 0 unspecified atom stereocenters. The first-order valence-corrected chi connectivity index (χ1v) is 5.72. The van der Waals surface area contributed by atoms with Gasteiger partial charge in [-0.15, -0.1) is 19.0 Å². The first-order chi connectivity index (χ1) is 7.83. The molecular formula is C14H22ClNO2. The predicted octanol–water partition coefficient (Wildman–Crippen LogP) is 3.57. The zero-order chi connectivity index (χ0) is 13.1. The summed E-state index contributed by atoms with van der Waals surface area (Å²) in [6.45, 7) is 9.57. The Kier molecular flexibility index (Phi) is 6.22. The van der Waals surface area contributed by atoms with Crippen LogP contribution in [0.2, 0.25) is 0 Å². The first-order valence-electron chi connectivity index (χ1n) is 5.72. The molecule has 0 spiro atoms. The van der Waals surface area contributed by atoms with Crippen molar-refractivity contribution in [1.29, 1.82) is 0 Å². The molecule has 0 heterocycles. The number of phenols is 1. The monoisotopic (exact) mass is 271 g/mol. The van der Waals surface area contributed by atoms with Crippen molar-refractivity contribution < 1.29 is 9.84 Å². The topological polar surface area (TPSA) is 55.5 Å². The Bertz CT molecular complexity index is 399. The van der Waals surface area contributed by atoms with Gasteiger partial charge in [-0.2, -0.15) is 0 Å². The van der Waals surface area contributed by atoms with E-state index in [9.17, 15) is 5.11 Å². The third-order valence-corrected chi connectivity index (χ3v) is 2.24. The molecule has 1 aromatic rings. The van der Waals surface area contributed by atoms with Gasteiger partial charge in [0.05, 0.1) is 0 Å². The molecule has 1 rings (SSSR count). The molecule has 0 radical (unpaired) electrons. The number of hydrogen-bond donors (Lipinski definition) is 2. The fourth-order valence-corrected chi connectivity index (χ4v) is 1.55. The summed E-state index contributed by atoms with van der Waals surface area (Å²) in [5, 5.41) is 9.76. The molecule has 0 aliphatic rings. The van der Waals surface area contributed by atoms with Crippen LogP contribution in [0, 0.1) is 0 Å². The highest BCUT2D eigenvalue weighted by atomic mass is 35.5. The molecule has 0 fully saturated rings. The number of rotatable bonds is 4. The van der Waals surface area contributed by atoms with E-state index in [0.29, 0.717) is 17.7 Å². The molecule has 0 aliphatic carbocycles. The lowest BCUT2D eigenvalue weighted by Crippen LogP contribution is -2.23. The minimum absolute atomic E-state index is 0. The van der Waals surface area contributed by atoms with E-state index in [4.69, 9.17) is 10.5 Å². The molecule has 3 nitrogen and oxygen atoms in total. The van der Waals surface area contributed by atoms with E-state index in [2.05, 4.69) is 6.58 Å². The van der Waals surface area contributed by atoms with Crippen molar-refractivity contribution in [3.63, 3.8) is 0 Å². The van der Waals surface area contributed by atoms with E-state index in [1.807, 2.05) is 20.8 Å².